The highest BCUT2D eigenvalue weighted by molar-refractivity contribution is 7.91. The van der Waals surface area contributed by atoms with Gasteiger partial charge in [-0.1, -0.05) is 17.7 Å². The number of hydrogen-bond acceptors (Lipinski definition) is 7. The van der Waals surface area contributed by atoms with Crippen LogP contribution in [0.3, 0.4) is 0 Å². The summed E-state index contributed by atoms with van der Waals surface area (Å²) >= 11 is 0. The van der Waals surface area contributed by atoms with Gasteiger partial charge in [-0.05, 0) is 44.0 Å². The van der Waals surface area contributed by atoms with E-state index in [1.807, 2.05) is 31.2 Å². The lowest BCUT2D eigenvalue weighted by Crippen LogP contribution is -2.16. The fourth-order valence-corrected chi connectivity index (χ4v) is 4.48. The van der Waals surface area contributed by atoms with Crippen LogP contribution in [-0.2, 0) is 9.84 Å². The number of oxazole rings is 1. The second kappa shape index (κ2) is 6.81. The van der Waals surface area contributed by atoms with Crippen LogP contribution in [0.25, 0.3) is 11.5 Å². The maximum atomic E-state index is 13.4. The number of nitrogens with one attached hydrogen (secondary N) is 1. The number of aryl methyl sites for hydroxylation is 1. The molecule has 8 heteroatoms. The van der Waals surface area contributed by atoms with Crippen LogP contribution < -0.4 is 14.8 Å². The largest absolute Gasteiger partial charge is 0.486 e. The molecule has 2 heterocycles. The highest BCUT2D eigenvalue weighted by Crippen LogP contribution is 2.38. The summed E-state index contributed by atoms with van der Waals surface area (Å²) in [7, 11) is -3.92. The number of aromatic nitrogens is 1. The van der Waals surface area contributed by atoms with Gasteiger partial charge < -0.3 is 19.2 Å². The molecule has 7 nitrogen and oxygen atoms in total. The minimum atomic E-state index is -3.92. The van der Waals surface area contributed by atoms with E-state index in [4.69, 9.17) is 13.9 Å². The number of sulfone groups is 1. The number of hydrogen-bond donors (Lipinski definition) is 1. The van der Waals surface area contributed by atoms with Gasteiger partial charge in [0.2, 0.25) is 26.6 Å². The van der Waals surface area contributed by atoms with E-state index in [0.29, 0.717) is 24.7 Å². The average molecular weight is 412 g/mol. The van der Waals surface area contributed by atoms with Gasteiger partial charge in [0.25, 0.3) is 0 Å². The molecule has 29 heavy (non-hydrogen) atoms. The first-order chi connectivity index (χ1) is 14.0. The fraction of sp³-hybridized carbons (Fsp3) is 0.286. The lowest BCUT2D eigenvalue weighted by molar-refractivity contribution is 0.171. The Hall–Kier alpha value is -3.00. The lowest BCUT2D eigenvalue weighted by Gasteiger charge is -2.18. The minimum Gasteiger partial charge on any atom is -0.486 e. The summed E-state index contributed by atoms with van der Waals surface area (Å²) in [4.78, 5) is 4.46. The van der Waals surface area contributed by atoms with E-state index in [1.165, 1.54) is 12.1 Å². The second-order valence-electron chi connectivity index (χ2n) is 7.25. The van der Waals surface area contributed by atoms with Crippen molar-refractivity contribution in [2.75, 3.05) is 18.5 Å². The van der Waals surface area contributed by atoms with Gasteiger partial charge in [-0.15, -0.1) is 0 Å². The molecule has 1 aromatic heterocycles. The lowest BCUT2D eigenvalue weighted by atomic mass is 10.1. The van der Waals surface area contributed by atoms with E-state index in [1.54, 1.807) is 6.07 Å². The molecule has 0 unspecified atom stereocenters. The maximum Gasteiger partial charge on any atom is 0.234 e. The topological polar surface area (TPSA) is 90.7 Å². The standard InChI is InChI=1S/C21H20N2O5S/c1-13-3-2-4-14(11-13)19-23-21(20(28-19)22-15-5-6-15)29(24,25)16-7-8-17-18(12-16)27-10-9-26-17/h2-4,7-8,11-12,15,22H,5-6,9-10H2,1H3. The van der Waals surface area contributed by atoms with Crippen molar-refractivity contribution in [3.8, 4) is 23.0 Å². The summed E-state index contributed by atoms with van der Waals surface area (Å²) in [5.41, 5.74) is 1.76. The Bertz CT molecular complexity index is 1180. The first-order valence-electron chi connectivity index (χ1n) is 9.50. The van der Waals surface area contributed by atoms with Crippen LogP contribution in [-0.4, -0.2) is 32.7 Å². The summed E-state index contributed by atoms with van der Waals surface area (Å²) in [6.45, 7) is 2.78. The van der Waals surface area contributed by atoms with E-state index in [0.717, 1.165) is 24.0 Å². The molecule has 1 saturated carbocycles. The van der Waals surface area contributed by atoms with Crippen molar-refractivity contribution in [3.63, 3.8) is 0 Å². The molecule has 1 fully saturated rings. The Balaban J connectivity index is 1.59. The van der Waals surface area contributed by atoms with Gasteiger partial charge in [0.05, 0.1) is 4.90 Å². The van der Waals surface area contributed by atoms with E-state index >= 15 is 0 Å². The van der Waals surface area contributed by atoms with Crippen LogP contribution in [0.4, 0.5) is 5.88 Å². The molecule has 3 aromatic rings. The average Bonchev–Trinajstić information content (AvgIpc) is 3.43. The van der Waals surface area contributed by atoms with Crippen LogP contribution in [0.15, 0.2) is 56.8 Å². The maximum absolute atomic E-state index is 13.4. The molecule has 2 aromatic carbocycles. The van der Waals surface area contributed by atoms with E-state index in [2.05, 4.69) is 10.3 Å². The number of benzene rings is 2. The van der Waals surface area contributed by atoms with Crippen LogP contribution in [0, 0.1) is 6.92 Å². The predicted molar refractivity (Wildman–Crippen MR) is 106 cm³/mol. The third kappa shape index (κ3) is 3.44. The van der Waals surface area contributed by atoms with Crippen molar-refractivity contribution >= 4 is 15.7 Å². The van der Waals surface area contributed by atoms with Crippen LogP contribution in [0.2, 0.25) is 0 Å². The minimum absolute atomic E-state index is 0.0877. The molecule has 5 rings (SSSR count). The number of fused-ring (bicyclic) bond motifs is 1. The monoisotopic (exact) mass is 412 g/mol. The molecule has 0 spiro atoms. The third-order valence-electron chi connectivity index (χ3n) is 4.85. The summed E-state index contributed by atoms with van der Waals surface area (Å²) < 4.78 is 43.7. The van der Waals surface area contributed by atoms with Gasteiger partial charge in [0.1, 0.15) is 13.2 Å². The zero-order chi connectivity index (χ0) is 20.0. The number of ether oxygens (including phenoxy) is 2. The van der Waals surface area contributed by atoms with Gasteiger partial charge in [-0.2, -0.15) is 4.98 Å². The van der Waals surface area contributed by atoms with E-state index in [-0.39, 0.29) is 27.7 Å². The van der Waals surface area contributed by atoms with Crippen LogP contribution in [0.1, 0.15) is 18.4 Å². The fourth-order valence-electron chi connectivity index (χ4n) is 3.20. The van der Waals surface area contributed by atoms with Gasteiger partial charge in [-0.3, -0.25) is 0 Å². The van der Waals surface area contributed by atoms with Gasteiger partial charge in [0, 0.05) is 17.7 Å². The molecule has 150 valence electrons. The molecule has 2 aliphatic rings. The zero-order valence-corrected chi connectivity index (χ0v) is 16.7. The van der Waals surface area contributed by atoms with Gasteiger partial charge >= 0.3 is 0 Å². The van der Waals surface area contributed by atoms with Crippen molar-refractivity contribution in [3.05, 3.63) is 48.0 Å². The normalized spacial score (nSPS) is 15.9. The van der Waals surface area contributed by atoms with E-state index in [9.17, 15) is 8.42 Å². The summed E-state index contributed by atoms with van der Waals surface area (Å²) in [5, 5.41) is 3.05. The molecule has 1 aliphatic carbocycles. The quantitative estimate of drug-likeness (QED) is 0.681. The smallest absolute Gasteiger partial charge is 0.234 e. The first-order valence-corrected chi connectivity index (χ1v) is 11.0. The second-order valence-corrected chi connectivity index (χ2v) is 9.12. The summed E-state index contributed by atoms with van der Waals surface area (Å²) in [6, 6.07) is 12.4. The molecule has 0 bridgehead atoms. The van der Waals surface area contributed by atoms with Gasteiger partial charge in [-0.25, -0.2) is 8.42 Å². The Morgan fingerprint density at radius 2 is 1.83 bits per heavy atom. The molecule has 0 radical (unpaired) electrons. The predicted octanol–water partition coefficient (Wildman–Crippen LogP) is 3.83. The molecule has 0 atom stereocenters. The first kappa shape index (κ1) is 18.1. The van der Waals surface area contributed by atoms with Crippen molar-refractivity contribution in [2.24, 2.45) is 0 Å². The van der Waals surface area contributed by atoms with Gasteiger partial charge in [0.15, 0.2) is 11.5 Å². The molecule has 1 N–H and O–H groups in total. The number of anilines is 1. The Morgan fingerprint density at radius 3 is 2.59 bits per heavy atom. The van der Waals surface area contributed by atoms with Crippen molar-refractivity contribution in [2.45, 2.75) is 35.7 Å². The molecule has 0 amide bonds. The van der Waals surface area contributed by atoms with Crippen LogP contribution >= 0.6 is 0 Å². The third-order valence-corrected chi connectivity index (χ3v) is 6.51. The van der Waals surface area contributed by atoms with E-state index < -0.39 is 9.84 Å². The van der Waals surface area contributed by atoms with Crippen molar-refractivity contribution in [1.82, 2.24) is 4.98 Å². The zero-order valence-electron chi connectivity index (χ0n) is 15.8. The SMILES string of the molecule is Cc1cccc(-c2nc(S(=O)(=O)c3ccc4c(c3)OCCO4)c(NC3CC3)o2)c1. The van der Waals surface area contributed by atoms with Crippen LogP contribution in [0.5, 0.6) is 11.5 Å². The Morgan fingerprint density at radius 1 is 1.03 bits per heavy atom. The highest BCUT2D eigenvalue weighted by Gasteiger charge is 2.33. The molecular formula is C21H20N2O5S. The number of nitrogens with zero attached hydrogens (tertiary/aromatic N) is 1. The summed E-state index contributed by atoms with van der Waals surface area (Å²) in [6.07, 6.45) is 1.95. The highest BCUT2D eigenvalue weighted by atomic mass is 32.2. The number of rotatable bonds is 5. The summed E-state index contributed by atoms with van der Waals surface area (Å²) in [5.74, 6) is 1.40. The Kier molecular flexibility index (Phi) is 4.24. The van der Waals surface area contributed by atoms with Crippen molar-refractivity contribution in [1.29, 1.82) is 0 Å². The molecule has 0 saturated heterocycles. The van der Waals surface area contributed by atoms with Crippen molar-refractivity contribution < 1.29 is 22.3 Å². The molecule has 1 aliphatic heterocycles. The Labute approximate surface area is 168 Å². The molecular weight excluding hydrogens is 392 g/mol.